The molecule has 0 unspecified atom stereocenters. The number of hydrogen-bond donors (Lipinski definition) is 1. The summed E-state index contributed by atoms with van der Waals surface area (Å²) in [6.45, 7) is 6.32. The lowest BCUT2D eigenvalue weighted by Crippen LogP contribution is -2.34. The van der Waals surface area contributed by atoms with Gasteiger partial charge in [0.25, 0.3) is 0 Å². The lowest BCUT2D eigenvalue weighted by Gasteiger charge is -2.19. The second-order valence-electron chi connectivity index (χ2n) is 3.49. The highest BCUT2D eigenvalue weighted by Gasteiger charge is 2.30. The van der Waals surface area contributed by atoms with Crippen molar-refractivity contribution in [3.63, 3.8) is 0 Å². The van der Waals surface area contributed by atoms with E-state index in [1.54, 1.807) is 7.11 Å². The maximum absolute atomic E-state index is 5.85. The van der Waals surface area contributed by atoms with Gasteiger partial charge < -0.3 is 10.5 Å². The number of nitrogens with two attached hydrogens (primary N) is 1. The third-order valence-electron chi connectivity index (χ3n) is 2.37. The molecule has 11 heavy (non-hydrogen) atoms. The predicted octanol–water partition coefficient (Wildman–Crippen LogP) is 0.0527. The van der Waals surface area contributed by atoms with Gasteiger partial charge in [0.2, 0.25) is 0 Å². The van der Waals surface area contributed by atoms with Gasteiger partial charge in [-0.3, -0.25) is 4.90 Å². The molecule has 0 aromatic heterocycles. The van der Waals surface area contributed by atoms with E-state index in [9.17, 15) is 0 Å². The Hall–Kier alpha value is -0.120. The monoisotopic (exact) mass is 158 g/mol. The largest absolute Gasteiger partial charge is 0.378 e. The minimum absolute atomic E-state index is 0.197. The lowest BCUT2D eigenvalue weighted by molar-refractivity contribution is 0.0951. The minimum Gasteiger partial charge on any atom is -0.378 e. The van der Waals surface area contributed by atoms with Gasteiger partial charge in [0.1, 0.15) is 0 Å². The van der Waals surface area contributed by atoms with Crippen molar-refractivity contribution in [2.45, 2.75) is 32.0 Å². The Labute approximate surface area is 68.5 Å². The predicted molar refractivity (Wildman–Crippen MR) is 45.5 cm³/mol. The SMILES string of the molecule is CO[C@@H]1CN(C(C)C)C[C@H]1N. The molecule has 1 aliphatic rings. The molecule has 2 N–H and O–H groups in total. The molecule has 3 heteroatoms. The van der Waals surface area contributed by atoms with E-state index >= 15 is 0 Å². The summed E-state index contributed by atoms with van der Waals surface area (Å²) in [5, 5.41) is 0. The zero-order chi connectivity index (χ0) is 8.43. The van der Waals surface area contributed by atoms with Crippen LogP contribution in [0.5, 0.6) is 0 Å². The summed E-state index contributed by atoms with van der Waals surface area (Å²) in [7, 11) is 1.73. The molecular formula is C8H18N2O. The molecule has 0 aromatic rings. The van der Waals surface area contributed by atoms with Crippen LogP contribution in [0.1, 0.15) is 13.8 Å². The lowest BCUT2D eigenvalue weighted by atomic mass is 10.2. The maximum Gasteiger partial charge on any atom is 0.0861 e. The Bertz CT molecular complexity index is 127. The van der Waals surface area contributed by atoms with Crippen molar-refractivity contribution in [3.8, 4) is 0 Å². The fraction of sp³-hybridized carbons (Fsp3) is 1.00. The van der Waals surface area contributed by atoms with Crippen molar-refractivity contribution in [1.82, 2.24) is 4.90 Å². The Morgan fingerprint density at radius 3 is 2.36 bits per heavy atom. The molecule has 0 bridgehead atoms. The smallest absolute Gasteiger partial charge is 0.0861 e. The first-order chi connectivity index (χ1) is 5.15. The quantitative estimate of drug-likeness (QED) is 0.617. The number of nitrogens with zero attached hydrogens (tertiary/aromatic N) is 1. The normalized spacial score (nSPS) is 33.5. The van der Waals surface area contributed by atoms with Crippen molar-refractivity contribution >= 4 is 0 Å². The van der Waals surface area contributed by atoms with Crippen molar-refractivity contribution in [2.75, 3.05) is 20.2 Å². The summed E-state index contributed by atoms with van der Waals surface area (Å²) in [6.07, 6.45) is 0.234. The van der Waals surface area contributed by atoms with E-state index in [2.05, 4.69) is 18.7 Å². The van der Waals surface area contributed by atoms with Crippen LogP contribution in [-0.2, 0) is 4.74 Å². The van der Waals surface area contributed by atoms with Crippen LogP contribution in [0, 0.1) is 0 Å². The van der Waals surface area contributed by atoms with Crippen LogP contribution in [0.15, 0.2) is 0 Å². The van der Waals surface area contributed by atoms with E-state index in [1.165, 1.54) is 0 Å². The van der Waals surface area contributed by atoms with Gasteiger partial charge in [-0.2, -0.15) is 0 Å². The maximum atomic E-state index is 5.85. The zero-order valence-electron chi connectivity index (χ0n) is 7.58. The molecule has 0 saturated carbocycles. The van der Waals surface area contributed by atoms with Crippen LogP contribution in [0.4, 0.5) is 0 Å². The number of ether oxygens (including phenoxy) is 1. The molecule has 1 rings (SSSR count). The topological polar surface area (TPSA) is 38.5 Å². The van der Waals surface area contributed by atoms with Gasteiger partial charge in [0.05, 0.1) is 6.10 Å². The van der Waals surface area contributed by atoms with E-state index in [0.29, 0.717) is 6.04 Å². The molecule has 0 amide bonds. The molecule has 1 fully saturated rings. The summed E-state index contributed by atoms with van der Waals surface area (Å²) in [4.78, 5) is 2.35. The van der Waals surface area contributed by atoms with Crippen LogP contribution in [0.25, 0.3) is 0 Å². The van der Waals surface area contributed by atoms with Gasteiger partial charge in [-0.25, -0.2) is 0 Å². The summed E-state index contributed by atoms with van der Waals surface area (Å²) in [6, 6.07) is 0.781. The fourth-order valence-corrected chi connectivity index (χ4v) is 1.50. The molecule has 0 spiro atoms. The average Bonchev–Trinajstić information content (AvgIpc) is 2.31. The standard InChI is InChI=1S/C8H18N2O/c1-6(2)10-4-7(9)8(5-10)11-3/h6-8H,4-5,9H2,1-3H3/t7-,8-/m1/s1. The van der Waals surface area contributed by atoms with Gasteiger partial charge in [0.15, 0.2) is 0 Å². The summed E-state index contributed by atoms with van der Waals surface area (Å²) in [5.41, 5.74) is 5.85. The average molecular weight is 158 g/mol. The second-order valence-corrected chi connectivity index (χ2v) is 3.49. The van der Waals surface area contributed by atoms with Crippen molar-refractivity contribution in [1.29, 1.82) is 0 Å². The number of methoxy groups -OCH3 is 1. The molecule has 1 aliphatic heterocycles. The van der Waals surface area contributed by atoms with Crippen molar-refractivity contribution in [2.24, 2.45) is 5.73 Å². The Kier molecular flexibility index (Phi) is 2.87. The van der Waals surface area contributed by atoms with E-state index in [1.807, 2.05) is 0 Å². The molecule has 3 nitrogen and oxygen atoms in total. The van der Waals surface area contributed by atoms with Gasteiger partial charge >= 0.3 is 0 Å². The van der Waals surface area contributed by atoms with E-state index < -0.39 is 0 Å². The molecular weight excluding hydrogens is 140 g/mol. The summed E-state index contributed by atoms with van der Waals surface area (Å²) >= 11 is 0. The first kappa shape index (κ1) is 8.97. The van der Waals surface area contributed by atoms with Gasteiger partial charge in [-0.1, -0.05) is 0 Å². The summed E-state index contributed by atoms with van der Waals surface area (Å²) in [5.74, 6) is 0. The van der Waals surface area contributed by atoms with Crippen LogP contribution in [0.3, 0.4) is 0 Å². The molecule has 66 valence electrons. The Morgan fingerprint density at radius 1 is 1.45 bits per heavy atom. The summed E-state index contributed by atoms with van der Waals surface area (Å²) < 4.78 is 5.24. The Balaban J connectivity index is 2.43. The first-order valence-electron chi connectivity index (χ1n) is 4.17. The van der Waals surface area contributed by atoms with Gasteiger partial charge in [0, 0.05) is 32.3 Å². The van der Waals surface area contributed by atoms with Crippen molar-refractivity contribution in [3.05, 3.63) is 0 Å². The minimum atomic E-state index is 0.197. The van der Waals surface area contributed by atoms with E-state index in [-0.39, 0.29) is 12.1 Å². The highest BCUT2D eigenvalue weighted by Crippen LogP contribution is 2.13. The fourth-order valence-electron chi connectivity index (χ4n) is 1.50. The molecule has 0 aromatic carbocycles. The first-order valence-corrected chi connectivity index (χ1v) is 4.17. The Morgan fingerprint density at radius 2 is 2.09 bits per heavy atom. The molecule has 1 saturated heterocycles. The number of rotatable bonds is 2. The van der Waals surface area contributed by atoms with Crippen LogP contribution < -0.4 is 5.73 Å². The third kappa shape index (κ3) is 1.92. The van der Waals surface area contributed by atoms with Crippen molar-refractivity contribution < 1.29 is 4.74 Å². The molecule has 0 radical (unpaired) electrons. The molecule has 1 heterocycles. The van der Waals surface area contributed by atoms with E-state index in [0.717, 1.165) is 13.1 Å². The van der Waals surface area contributed by atoms with Crippen LogP contribution >= 0.6 is 0 Å². The van der Waals surface area contributed by atoms with Crippen LogP contribution in [-0.4, -0.2) is 43.3 Å². The highest BCUT2D eigenvalue weighted by atomic mass is 16.5. The molecule has 2 atom stereocenters. The number of hydrogen-bond acceptors (Lipinski definition) is 3. The molecule has 0 aliphatic carbocycles. The highest BCUT2D eigenvalue weighted by molar-refractivity contribution is 4.88. The van der Waals surface area contributed by atoms with Gasteiger partial charge in [-0.05, 0) is 13.8 Å². The third-order valence-corrected chi connectivity index (χ3v) is 2.37. The van der Waals surface area contributed by atoms with Crippen LogP contribution in [0.2, 0.25) is 0 Å². The zero-order valence-corrected chi connectivity index (χ0v) is 7.58. The van der Waals surface area contributed by atoms with Gasteiger partial charge in [-0.15, -0.1) is 0 Å². The number of likely N-dealkylation sites (tertiary alicyclic amines) is 1. The second kappa shape index (κ2) is 3.52. The van der Waals surface area contributed by atoms with E-state index in [4.69, 9.17) is 10.5 Å².